The fraction of sp³-hybridized carbons (Fsp3) is 0.833. The van der Waals surface area contributed by atoms with Crippen LogP contribution in [0.4, 0.5) is 0 Å². The number of thioether (sulfide) groups is 2. The Kier molecular flexibility index (Phi) is 4.82. The van der Waals surface area contributed by atoms with Gasteiger partial charge in [0.25, 0.3) is 0 Å². The molecular weight excluding hydrogens is 330 g/mol. The molecule has 118 valence electrons. The lowest BCUT2D eigenvalue weighted by molar-refractivity contribution is 0.355. The smallest absolute Gasteiger partial charge is 0.240 e. The van der Waals surface area contributed by atoms with Crippen LogP contribution in [0.5, 0.6) is 0 Å². The van der Waals surface area contributed by atoms with Gasteiger partial charge in [0.1, 0.15) is 0 Å². The van der Waals surface area contributed by atoms with Gasteiger partial charge in [-0.25, -0.2) is 8.42 Å². The van der Waals surface area contributed by atoms with Gasteiger partial charge in [-0.05, 0) is 6.42 Å². The molecule has 0 aliphatic carbocycles. The Hall–Kier alpha value is -0.250. The van der Waals surface area contributed by atoms with Gasteiger partial charge in [0.05, 0.1) is 23.3 Å². The lowest BCUT2D eigenvalue weighted by Gasteiger charge is -2.24. The molecule has 1 aromatic rings. The maximum atomic E-state index is 11.4. The highest BCUT2D eigenvalue weighted by molar-refractivity contribution is 8.06. The van der Waals surface area contributed by atoms with Crippen molar-refractivity contribution in [1.29, 1.82) is 0 Å². The number of hydrogen-bond acceptors (Lipinski definition) is 8. The molecule has 0 bridgehead atoms. The molecule has 3 heterocycles. The minimum Gasteiger partial charge on any atom is -0.338 e. The van der Waals surface area contributed by atoms with Crippen LogP contribution in [0, 0.1) is 0 Å². The molecule has 1 N–H and O–H groups in total. The van der Waals surface area contributed by atoms with Crippen molar-refractivity contribution in [3.63, 3.8) is 0 Å². The zero-order valence-corrected chi connectivity index (χ0v) is 14.3. The van der Waals surface area contributed by atoms with Crippen molar-refractivity contribution in [3.8, 4) is 0 Å². The predicted octanol–water partition coefficient (Wildman–Crippen LogP) is 1.26. The average molecular weight is 350 g/mol. The maximum Gasteiger partial charge on any atom is 0.240 e. The standard InChI is InChI=1S/C12H19N3O3S3/c1-8-11(20-4-3-19-8)12-14-10(18-15-12)6-13-9-2-5-21(16,17)7-9/h8-9,11,13H,2-7H2,1H3. The summed E-state index contributed by atoms with van der Waals surface area (Å²) in [5.74, 6) is 4.06. The number of rotatable bonds is 4. The molecule has 1 aromatic heterocycles. The second kappa shape index (κ2) is 6.47. The third-order valence-electron chi connectivity index (χ3n) is 3.70. The van der Waals surface area contributed by atoms with Gasteiger partial charge >= 0.3 is 0 Å². The van der Waals surface area contributed by atoms with Gasteiger partial charge in [-0.3, -0.25) is 0 Å². The van der Waals surface area contributed by atoms with Crippen LogP contribution in [0.25, 0.3) is 0 Å². The van der Waals surface area contributed by atoms with E-state index in [0.29, 0.717) is 24.1 Å². The van der Waals surface area contributed by atoms with Gasteiger partial charge in [0.15, 0.2) is 15.7 Å². The quantitative estimate of drug-likeness (QED) is 0.869. The molecule has 2 aliphatic rings. The van der Waals surface area contributed by atoms with E-state index >= 15 is 0 Å². The van der Waals surface area contributed by atoms with Crippen molar-refractivity contribution in [2.45, 2.75) is 36.4 Å². The summed E-state index contributed by atoms with van der Waals surface area (Å²) in [4.78, 5) is 4.46. The molecular formula is C12H19N3O3S3. The number of nitrogens with zero attached hydrogens (tertiary/aromatic N) is 2. The fourth-order valence-electron chi connectivity index (χ4n) is 2.56. The summed E-state index contributed by atoms with van der Waals surface area (Å²) in [5, 5.41) is 8.05. The molecule has 9 heteroatoms. The molecule has 0 saturated carbocycles. The molecule has 3 unspecified atom stereocenters. The highest BCUT2D eigenvalue weighted by Crippen LogP contribution is 2.41. The Morgan fingerprint density at radius 2 is 2.19 bits per heavy atom. The van der Waals surface area contributed by atoms with Crippen LogP contribution < -0.4 is 5.32 Å². The Morgan fingerprint density at radius 1 is 1.38 bits per heavy atom. The van der Waals surface area contributed by atoms with E-state index in [9.17, 15) is 8.42 Å². The molecule has 21 heavy (non-hydrogen) atoms. The van der Waals surface area contributed by atoms with E-state index in [-0.39, 0.29) is 22.8 Å². The summed E-state index contributed by atoms with van der Waals surface area (Å²) in [7, 11) is -2.85. The van der Waals surface area contributed by atoms with Gasteiger partial charge in [0, 0.05) is 22.8 Å². The van der Waals surface area contributed by atoms with E-state index in [4.69, 9.17) is 4.52 Å². The van der Waals surface area contributed by atoms with Gasteiger partial charge < -0.3 is 9.84 Å². The first-order valence-electron chi connectivity index (χ1n) is 7.03. The van der Waals surface area contributed by atoms with Gasteiger partial charge in [-0.2, -0.15) is 16.7 Å². The summed E-state index contributed by atoms with van der Waals surface area (Å²) in [6, 6.07) is 0.00360. The highest BCUT2D eigenvalue weighted by atomic mass is 32.2. The van der Waals surface area contributed by atoms with Gasteiger partial charge in [-0.1, -0.05) is 12.1 Å². The third kappa shape index (κ3) is 3.94. The first kappa shape index (κ1) is 15.6. The van der Waals surface area contributed by atoms with E-state index < -0.39 is 9.84 Å². The van der Waals surface area contributed by atoms with E-state index in [1.54, 1.807) is 0 Å². The Bertz CT molecular complexity index is 590. The number of sulfone groups is 1. The van der Waals surface area contributed by atoms with Crippen LogP contribution in [0.3, 0.4) is 0 Å². The van der Waals surface area contributed by atoms with Crippen molar-refractivity contribution in [2.24, 2.45) is 0 Å². The molecule has 2 fully saturated rings. The lowest BCUT2D eigenvalue weighted by Crippen LogP contribution is -2.29. The average Bonchev–Trinajstić information content (AvgIpc) is 3.03. The van der Waals surface area contributed by atoms with Gasteiger partial charge in [-0.15, -0.1) is 11.8 Å². The van der Waals surface area contributed by atoms with Crippen molar-refractivity contribution in [1.82, 2.24) is 15.5 Å². The number of nitrogens with one attached hydrogen (secondary N) is 1. The molecule has 2 saturated heterocycles. The molecule has 0 aromatic carbocycles. The molecule has 0 spiro atoms. The van der Waals surface area contributed by atoms with E-state index in [0.717, 1.165) is 11.6 Å². The minimum atomic E-state index is -2.85. The zero-order valence-electron chi connectivity index (χ0n) is 11.8. The predicted molar refractivity (Wildman–Crippen MR) is 85.3 cm³/mol. The number of hydrogen-bond donors (Lipinski definition) is 1. The molecule has 6 nitrogen and oxygen atoms in total. The van der Waals surface area contributed by atoms with Crippen LogP contribution in [0.2, 0.25) is 0 Å². The van der Waals surface area contributed by atoms with Crippen molar-refractivity contribution < 1.29 is 12.9 Å². The molecule has 2 aliphatic heterocycles. The largest absolute Gasteiger partial charge is 0.338 e. The first-order chi connectivity index (χ1) is 10.0. The summed E-state index contributed by atoms with van der Waals surface area (Å²) in [5.41, 5.74) is 0. The van der Waals surface area contributed by atoms with Crippen LogP contribution in [-0.4, -0.2) is 52.9 Å². The molecule has 3 rings (SSSR count). The van der Waals surface area contributed by atoms with Crippen molar-refractivity contribution in [3.05, 3.63) is 11.7 Å². The topological polar surface area (TPSA) is 85.1 Å². The summed E-state index contributed by atoms with van der Waals surface area (Å²) in [6.07, 6.45) is 0.662. The molecule has 3 atom stereocenters. The maximum absolute atomic E-state index is 11.4. The molecule has 0 radical (unpaired) electrons. The minimum absolute atomic E-state index is 0.00360. The van der Waals surface area contributed by atoms with Crippen LogP contribution in [0.1, 0.15) is 30.3 Å². The van der Waals surface area contributed by atoms with Crippen LogP contribution in [0.15, 0.2) is 4.52 Å². The second-order valence-corrected chi connectivity index (χ2v) is 10.4. The van der Waals surface area contributed by atoms with Crippen molar-refractivity contribution in [2.75, 3.05) is 23.0 Å². The van der Waals surface area contributed by atoms with Gasteiger partial charge in [0.2, 0.25) is 5.89 Å². The lowest BCUT2D eigenvalue weighted by atomic mass is 10.2. The first-order valence-corrected chi connectivity index (χ1v) is 10.9. The third-order valence-corrected chi connectivity index (χ3v) is 8.55. The summed E-state index contributed by atoms with van der Waals surface area (Å²) < 4.78 is 28.1. The SMILES string of the molecule is CC1SCCSC1c1noc(CNC2CCS(=O)(=O)C2)n1. The highest BCUT2D eigenvalue weighted by Gasteiger charge is 2.30. The summed E-state index contributed by atoms with van der Waals surface area (Å²) in [6.45, 7) is 2.63. The Labute approximate surface area is 133 Å². The second-order valence-electron chi connectivity index (χ2n) is 5.39. The number of aromatic nitrogens is 2. The zero-order chi connectivity index (χ0) is 14.9. The van der Waals surface area contributed by atoms with E-state index in [1.807, 2.05) is 23.5 Å². The van der Waals surface area contributed by atoms with Crippen LogP contribution >= 0.6 is 23.5 Å². The monoisotopic (exact) mass is 349 g/mol. The van der Waals surface area contributed by atoms with E-state index in [2.05, 4.69) is 22.4 Å². The normalized spacial score (nSPS) is 32.3. The van der Waals surface area contributed by atoms with E-state index in [1.165, 1.54) is 5.75 Å². The van der Waals surface area contributed by atoms with Crippen molar-refractivity contribution >= 4 is 33.4 Å². The Balaban J connectivity index is 1.55. The van der Waals surface area contributed by atoms with Crippen LogP contribution in [-0.2, 0) is 16.4 Å². The Morgan fingerprint density at radius 3 is 2.90 bits per heavy atom. The molecule has 0 amide bonds. The summed E-state index contributed by atoms with van der Waals surface area (Å²) >= 11 is 3.81. The fourth-order valence-corrected chi connectivity index (χ4v) is 6.95.